The molecular formula is C40H34. The molecule has 4 aliphatic rings. The van der Waals surface area contributed by atoms with Crippen LogP contribution in [0, 0.1) is 5.92 Å². The standard InChI is InChI=1S/C40H34/c1-2-10-27(11-3-1)32-22-23-37-38(26-32)40(34-21-19-29-13-5-7-15-31(29)25-34)36-17-9-8-16-35(36)39(37)33-20-18-28-12-4-6-14-30(28)24-33/h1-6,8-11,13-14,16-17,19,21,23-26,28,32H,7,12,15,18,20,22H2. The fourth-order valence-electron chi connectivity index (χ4n) is 7.50. The van der Waals surface area contributed by atoms with Crippen LogP contribution in [-0.2, 0) is 6.42 Å². The Kier molecular flexibility index (Phi) is 5.80. The van der Waals surface area contributed by atoms with E-state index in [9.17, 15) is 0 Å². The first-order valence-corrected chi connectivity index (χ1v) is 15.0. The van der Waals surface area contributed by atoms with Gasteiger partial charge >= 0.3 is 0 Å². The van der Waals surface area contributed by atoms with E-state index in [1.165, 1.54) is 78.6 Å². The van der Waals surface area contributed by atoms with Gasteiger partial charge in [0.1, 0.15) is 0 Å². The van der Waals surface area contributed by atoms with Crippen molar-refractivity contribution in [3.63, 3.8) is 0 Å². The van der Waals surface area contributed by atoms with E-state index in [1.54, 1.807) is 0 Å². The number of fused-ring (bicyclic) bond motifs is 4. The molecule has 0 saturated heterocycles. The monoisotopic (exact) mass is 514 g/mol. The van der Waals surface area contributed by atoms with E-state index in [4.69, 9.17) is 0 Å². The molecule has 0 saturated carbocycles. The highest BCUT2D eigenvalue weighted by atomic mass is 14.3. The lowest BCUT2D eigenvalue weighted by molar-refractivity contribution is 0.572. The summed E-state index contributed by atoms with van der Waals surface area (Å²) < 4.78 is 0. The number of benzene rings is 4. The van der Waals surface area contributed by atoms with Crippen molar-refractivity contribution >= 4 is 34.6 Å². The van der Waals surface area contributed by atoms with Gasteiger partial charge in [-0.05, 0) is 110 Å². The molecule has 40 heavy (non-hydrogen) atoms. The Morgan fingerprint density at radius 1 is 0.725 bits per heavy atom. The summed E-state index contributed by atoms with van der Waals surface area (Å²) in [5.41, 5.74) is 11.5. The summed E-state index contributed by atoms with van der Waals surface area (Å²) in [5, 5.41) is 5.63. The van der Waals surface area contributed by atoms with Crippen LogP contribution in [0.4, 0.5) is 0 Å². The fraction of sp³-hybridized carbons (Fsp3) is 0.200. The fourth-order valence-corrected chi connectivity index (χ4v) is 7.50. The van der Waals surface area contributed by atoms with Gasteiger partial charge < -0.3 is 0 Å². The van der Waals surface area contributed by atoms with Crippen molar-refractivity contribution in [1.82, 2.24) is 0 Å². The van der Waals surface area contributed by atoms with Crippen LogP contribution in [0.3, 0.4) is 0 Å². The molecule has 0 N–H and O–H groups in total. The lowest BCUT2D eigenvalue weighted by Crippen LogP contribution is -2.34. The molecule has 194 valence electrons. The van der Waals surface area contributed by atoms with Crippen molar-refractivity contribution in [2.24, 2.45) is 5.92 Å². The zero-order valence-electron chi connectivity index (χ0n) is 22.9. The Bertz CT molecular complexity index is 1890. The third-order valence-corrected chi connectivity index (χ3v) is 9.52. The summed E-state index contributed by atoms with van der Waals surface area (Å²) >= 11 is 0. The molecule has 0 bridgehead atoms. The molecular weight excluding hydrogens is 480 g/mol. The van der Waals surface area contributed by atoms with Gasteiger partial charge in [-0.3, -0.25) is 0 Å². The van der Waals surface area contributed by atoms with Gasteiger partial charge in [0.2, 0.25) is 0 Å². The van der Waals surface area contributed by atoms with Crippen LogP contribution in [0.5, 0.6) is 0 Å². The molecule has 2 unspecified atom stereocenters. The number of rotatable bonds is 3. The highest BCUT2D eigenvalue weighted by Crippen LogP contribution is 2.40. The maximum atomic E-state index is 2.59. The number of hydrogen-bond donors (Lipinski definition) is 0. The van der Waals surface area contributed by atoms with Gasteiger partial charge in [0, 0.05) is 5.92 Å². The Morgan fingerprint density at radius 2 is 1.57 bits per heavy atom. The van der Waals surface area contributed by atoms with Gasteiger partial charge in [-0.2, -0.15) is 0 Å². The van der Waals surface area contributed by atoms with Crippen LogP contribution in [-0.4, -0.2) is 0 Å². The number of allylic oxidation sites excluding steroid dienone is 7. The SMILES string of the molecule is C1=CCC2CCC(c3c4c(c(-c5ccc6c(c5)CCC=C6)c5ccccc35)=CC(c3ccccc3)CC=4)=CC2=C1. The van der Waals surface area contributed by atoms with Crippen molar-refractivity contribution < 1.29 is 0 Å². The van der Waals surface area contributed by atoms with Crippen LogP contribution in [0.25, 0.3) is 45.7 Å². The maximum absolute atomic E-state index is 2.59. The molecule has 0 spiro atoms. The molecule has 2 atom stereocenters. The average molecular weight is 515 g/mol. The van der Waals surface area contributed by atoms with Gasteiger partial charge in [-0.15, -0.1) is 0 Å². The minimum absolute atomic E-state index is 0.387. The molecule has 4 aromatic rings. The lowest BCUT2D eigenvalue weighted by Gasteiger charge is -2.28. The van der Waals surface area contributed by atoms with E-state index in [-0.39, 0.29) is 0 Å². The zero-order chi connectivity index (χ0) is 26.5. The first-order valence-electron chi connectivity index (χ1n) is 15.0. The van der Waals surface area contributed by atoms with E-state index in [2.05, 4.69) is 121 Å². The van der Waals surface area contributed by atoms with Crippen LogP contribution in [0.15, 0.2) is 109 Å². The number of hydrogen-bond acceptors (Lipinski definition) is 0. The molecule has 8 rings (SSSR count). The highest BCUT2D eigenvalue weighted by Gasteiger charge is 2.25. The largest absolute Gasteiger partial charge is 0.0839 e. The summed E-state index contributed by atoms with van der Waals surface area (Å²) in [5.74, 6) is 1.07. The molecule has 0 nitrogen and oxygen atoms in total. The van der Waals surface area contributed by atoms with Crippen molar-refractivity contribution in [3.05, 3.63) is 141 Å². The predicted octanol–water partition coefficient (Wildman–Crippen LogP) is 8.89. The average Bonchev–Trinajstić information content (AvgIpc) is 3.03. The molecule has 0 radical (unpaired) electrons. The second kappa shape index (κ2) is 9.79. The Morgan fingerprint density at radius 3 is 2.48 bits per heavy atom. The molecule has 4 aromatic carbocycles. The minimum atomic E-state index is 0.387. The molecule has 0 aliphatic heterocycles. The van der Waals surface area contributed by atoms with Gasteiger partial charge in [0.05, 0.1) is 0 Å². The van der Waals surface area contributed by atoms with E-state index in [0.29, 0.717) is 11.8 Å². The highest BCUT2D eigenvalue weighted by molar-refractivity contribution is 6.04. The van der Waals surface area contributed by atoms with E-state index in [0.717, 1.165) is 25.7 Å². The second-order valence-corrected chi connectivity index (χ2v) is 11.8. The van der Waals surface area contributed by atoms with Crippen molar-refractivity contribution in [2.75, 3.05) is 0 Å². The van der Waals surface area contributed by atoms with Gasteiger partial charge in [-0.25, -0.2) is 0 Å². The molecule has 0 fully saturated rings. The van der Waals surface area contributed by atoms with Gasteiger partial charge in [0.15, 0.2) is 0 Å². The Labute approximate surface area is 237 Å². The Hall–Kier alpha value is -4.16. The first kappa shape index (κ1) is 23.7. The van der Waals surface area contributed by atoms with Crippen molar-refractivity contribution in [2.45, 2.75) is 44.4 Å². The third kappa shape index (κ3) is 3.97. The van der Waals surface area contributed by atoms with E-state index >= 15 is 0 Å². The molecule has 0 amide bonds. The topological polar surface area (TPSA) is 0 Å². The van der Waals surface area contributed by atoms with Crippen LogP contribution in [0.2, 0.25) is 0 Å². The normalized spacial score (nSPS) is 20.9. The summed E-state index contributed by atoms with van der Waals surface area (Å²) in [4.78, 5) is 0. The van der Waals surface area contributed by atoms with Crippen molar-refractivity contribution in [1.29, 1.82) is 0 Å². The molecule has 0 heterocycles. The van der Waals surface area contributed by atoms with E-state index < -0.39 is 0 Å². The first-order chi connectivity index (χ1) is 19.8. The van der Waals surface area contributed by atoms with Crippen molar-refractivity contribution in [3.8, 4) is 11.1 Å². The molecule has 4 aliphatic carbocycles. The van der Waals surface area contributed by atoms with Gasteiger partial charge in [0.25, 0.3) is 0 Å². The Balaban J connectivity index is 1.44. The minimum Gasteiger partial charge on any atom is -0.0839 e. The number of aryl methyl sites for hydroxylation is 1. The quantitative estimate of drug-likeness (QED) is 0.256. The summed E-state index contributed by atoms with van der Waals surface area (Å²) in [6.45, 7) is 0. The summed E-state index contributed by atoms with van der Waals surface area (Å²) in [6, 6.07) is 27.4. The predicted molar refractivity (Wildman–Crippen MR) is 171 cm³/mol. The van der Waals surface area contributed by atoms with E-state index in [1.807, 2.05) is 0 Å². The molecule has 0 aromatic heterocycles. The summed E-state index contributed by atoms with van der Waals surface area (Å²) in [6.07, 6.45) is 26.1. The molecule has 0 heteroatoms. The maximum Gasteiger partial charge on any atom is 0.00622 e. The lowest BCUT2D eigenvalue weighted by atomic mass is 9.76. The van der Waals surface area contributed by atoms with Crippen LogP contribution < -0.4 is 10.4 Å². The third-order valence-electron chi connectivity index (χ3n) is 9.52. The van der Waals surface area contributed by atoms with Crippen LogP contribution >= 0.6 is 0 Å². The zero-order valence-corrected chi connectivity index (χ0v) is 22.9. The smallest absolute Gasteiger partial charge is 0.00622 e. The van der Waals surface area contributed by atoms with Gasteiger partial charge in [-0.1, -0.05) is 121 Å². The summed E-state index contributed by atoms with van der Waals surface area (Å²) in [7, 11) is 0. The second-order valence-electron chi connectivity index (χ2n) is 11.8. The van der Waals surface area contributed by atoms with Crippen LogP contribution in [0.1, 0.15) is 60.3 Å².